The van der Waals surface area contributed by atoms with Gasteiger partial charge in [-0.3, -0.25) is 14.3 Å². The molecule has 1 fully saturated rings. The van der Waals surface area contributed by atoms with E-state index in [-0.39, 0.29) is 17.7 Å². The van der Waals surface area contributed by atoms with E-state index in [0.29, 0.717) is 43.0 Å². The zero-order valence-electron chi connectivity index (χ0n) is 16.4. The minimum absolute atomic E-state index is 0.0131. The summed E-state index contributed by atoms with van der Waals surface area (Å²) in [5, 5.41) is 7.09. The van der Waals surface area contributed by atoms with E-state index < -0.39 is 0 Å². The maximum Gasteiger partial charge on any atom is 0.257 e. The molecule has 2 aromatic rings. The van der Waals surface area contributed by atoms with Crippen molar-refractivity contribution in [1.29, 1.82) is 0 Å². The van der Waals surface area contributed by atoms with Gasteiger partial charge in [0.1, 0.15) is 5.82 Å². The predicted octanol–water partition coefficient (Wildman–Crippen LogP) is 2.62. The molecule has 1 N–H and O–H groups in total. The van der Waals surface area contributed by atoms with Crippen LogP contribution >= 0.6 is 15.9 Å². The molecule has 0 bridgehead atoms. The molecule has 2 aromatic heterocycles. The molecule has 0 radical (unpaired) electrons. The summed E-state index contributed by atoms with van der Waals surface area (Å²) in [4.78, 5) is 33.5. The lowest BCUT2D eigenvalue weighted by Crippen LogP contribution is -2.41. The number of halogens is 1. The van der Waals surface area contributed by atoms with Gasteiger partial charge in [-0.25, -0.2) is 4.98 Å². The first-order valence-electron chi connectivity index (χ1n) is 9.34. The maximum absolute atomic E-state index is 13.0. The third-order valence-corrected chi connectivity index (χ3v) is 5.30. The number of piperidine rings is 1. The average Bonchev–Trinajstić information content (AvgIpc) is 3.14. The van der Waals surface area contributed by atoms with Crippen molar-refractivity contribution in [1.82, 2.24) is 19.7 Å². The van der Waals surface area contributed by atoms with Crippen LogP contribution in [0.15, 0.2) is 29.1 Å². The van der Waals surface area contributed by atoms with Crippen LogP contribution in [0.5, 0.6) is 0 Å². The Labute approximate surface area is 173 Å². The molecule has 1 saturated heterocycles. The van der Waals surface area contributed by atoms with Crippen molar-refractivity contribution in [3.8, 4) is 0 Å². The lowest BCUT2D eigenvalue weighted by molar-refractivity contribution is -0.121. The van der Waals surface area contributed by atoms with Gasteiger partial charge in [0, 0.05) is 56.5 Å². The van der Waals surface area contributed by atoms with E-state index in [9.17, 15) is 9.59 Å². The number of hydrogen-bond acceptors (Lipinski definition) is 5. The number of anilines is 2. The molecular formula is C19H25BrN6O2. The molecule has 0 atom stereocenters. The molecule has 0 unspecified atom stereocenters. The summed E-state index contributed by atoms with van der Waals surface area (Å²) >= 11 is 3.39. The number of likely N-dealkylation sites (tertiary alicyclic amines) is 1. The summed E-state index contributed by atoms with van der Waals surface area (Å²) in [6.45, 7) is 3.85. The van der Waals surface area contributed by atoms with Crippen molar-refractivity contribution in [2.45, 2.75) is 26.3 Å². The Bertz CT molecular complexity index is 858. The normalized spacial score (nSPS) is 14.8. The number of aromatic nitrogens is 3. The zero-order valence-corrected chi connectivity index (χ0v) is 17.9. The average molecular weight is 449 g/mol. The van der Waals surface area contributed by atoms with Crippen LogP contribution in [-0.4, -0.2) is 58.7 Å². The van der Waals surface area contributed by atoms with Gasteiger partial charge >= 0.3 is 0 Å². The third kappa shape index (κ3) is 4.52. The first-order chi connectivity index (χ1) is 13.4. The van der Waals surface area contributed by atoms with E-state index in [1.165, 1.54) is 0 Å². The summed E-state index contributed by atoms with van der Waals surface area (Å²) in [5.41, 5.74) is 1.27. The molecule has 1 aliphatic rings. The van der Waals surface area contributed by atoms with Gasteiger partial charge in [-0.1, -0.05) is 0 Å². The molecule has 0 spiro atoms. The van der Waals surface area contributed by atoms with Gasteiger partial charge in [0.2, 0.25) is 5.91 Å². The van der Waals surface area contributed by atoms with Gasteiger partial charge in [0.25, 0.3) is 5.91 Å². The van der Waals surface area contributed by atoms with Crippen molar-refractivity contribution < 1.29 is 9.59 Å². The number of pyridine rings is 1. The SMILES string of the molecule is CCn1cc(NC(=O)C2CCN(C(=O)c3cc(Br)cnc3N(C)C)CC2)cn1. The number of amides is 2. The maximum atomic E-state index is 13.0. The van der Waals surface area contributed by atoms with Gasteiger partial charge in [-0.15, -0.1) is 0 Å². The fourth-order valence-electron chi connectivity index (χ4n) is 3.31. The van der Waals surface area contributed by atoms with E-state index >= 15 is 0 Å². The van der Waals surface area contributed by atoms with E-state index in [2.05, 4.69) is 31.3 Å². The van der Waals surface area contributed by atoms with Crippen LogP contribution in [0.1, 0.15) is 30.1 Å². The summed E-state index contributed by atoms with van der Waals surface area (Å²) < 4.78 is 2.54. The topological polar surface area (TPSA) is 83.4 Å². The van der Waals surface area contributed by atoms with Crippen molar-refractivity contribution in [3.05, 3.63) is 34.7 Å². The van der Waals surface area contributed by atoms with E-state index in [4.69, 9.17) is 0 Å². The van der Waals surface area contributed by atoms with Crippen molar-refractivity contribution in [2.75, 3.05) is 37.4 Å². The van der Waals surface area contributed by atoms with E-state index in [1.807, 2.05) is 32.1 Å². The second-order valence-electron chi connectivity index (χ2n) is 7.06. The van der Waals surface area contributed by atoms with Gasteiger partial charge in [-0.2, -0.15) is 5.10 Å². The number of rotatable bonds is 5. The van der Waals surface area contributed by atoms with Crippen molar-refractivity contribution >= 4 is 39.2 Å². The van der Waals surface area contributed by atoms with Crippen LogP contribution in [0.3, 0.4) is 0 Å². The molecule has 0 aliphatic carbocycles. The first-order valence-corrected chi connectivity index (χ1v) is 10.1. The van der Waals surface area contributed by atoms with Crippen molar-refractivity contribution in [3.63, 3.8) is 0 Å². The summed E-state index contributed by atoms with van der Waals surface area (Å²) in [5.74, 6) is 0.463. The molecule has 2 amide bonds. The highest BCUT2D eigenvalue weighted by Gasteiger charge is 2.29. The highest BCUT2D eigenvalue weighted by Crippen LogP contribution is 2.25. The van der Waals surface area contributed by atoms with Gasteiger partial charge in [0.05, 0.1) is 17.4 Å². The van der Waals surface area contributed by atoms with Crippen LogP contribution in [0.25, 0.3) is 0 Å². The Morgan fingerprint density at radius 3 is 2.61 bits per heavy atom. The molecule has 8 nitrogen and oxygen atoms in total. The van der Waals surface area contributed by atoms with Gasteiger partial charge in [0.15, 0.2) is 0 Å². The van der Waals surface area contributed by atoms with Crippen LogP contribution in [0.4, 0.5) is 11.5 Å². The highest BCUT2D eigenvalue weighted by atomic mass is 79.9. The molecule has 150 valence electrons. The van der Waals surface area contributed by atoms with Crippen LogP contribution < -0.4 is 10.2 Å². The molecule has 0 aromatic carbocycles. The lowest BCUT2D eigenvalue weighted by atomic mass is 9.95. The molecule has 1 aliphatic heterocycles. The van der Waals surface area contributed by atoms with Crippen LogP contribution in [-0.2, 0) is 11.3 Å². The van der Waals surface area contributed by atoms with Gasteiger partial charge in [-0.05, 0) is 41.8 Å². The second kappa shape index (κ2) is 8.72. The number of carbonyl (C=O) groups excluding carboxylic acids is 2. The Morgan fingerprint density at radius 2 is 2.00 bits per heavy atom. The minimum atomic E-state index is -0.108. The Balaban J connectivity index is 1.61. The number of carbonyl (C=O) groups is 2. The van der Waals surface area contributed by atoms with Gasteiger partial charge < -0.3 is 15.1 Å². The quantitative estimate of drug-likeness (QED) is 0.759. The lowest BCUT2D eigenvalue weighted by Gasteiger charge is -2.32. The largest absolute Gasteiger partial charge is 0.362 e. The summed E-state index contributed by atoms with van der Waals surface area (Å²) in [6.07, 6.45) is 6.43. The Hall–Kier alpha value is -2.42. The second-order valence-corrected chi connectivity index (χ2v) is 7.98. The molecule has 0 saturated carbocycles. The number of hydrogen-bond donors (Lipinski definition) is 1. The number of nitrogens with one attached hydrogen (secondary N) is 1. The first kappa shape index (κ1) is 20.3. The number of nitrogens with zero attached hydrogens (tertiary/aromatic N) is 5. The molecule has 3 rings (SSSR count). The zero-order chi connectivity index (χ0) is 20.3. The predicted molar refractivity (Wildman–Crippen MR) is 111 cm³/mol. The molecule has 9 heteroatoms. The van der Waals surface area contributed by atoms with Crippen molar-refractivity contribution in [2.24, 2.45) is 5.92 Å². The molecule has 28 heavy (non-hydrogen) atoms. The monoisotopic (exact) mass is 448 g/mol. The molecular weight excluding hydrogens is 424 g/mol. The summed E-state index contributed by atoms with van der Waals surface area (Å²) in [6, 6.07) is 1.80. The Morgan fingerprint density at radius 1 is 1.29 bits per heavy atom. The summed E-state index contributed by atoms with van der Waals surface area (Å²) in [7, 11) is 3.73. The fourth-order valence-corrected chi connectivity index (χ4v) is 3.64. The molecule has 3 heterocycles. The van der Waals surface area contributed by atoms with Crippen LogP contribution in [0, 0.1) is 5.92 Å². The Kier molecular flexibility index (Phi) is 6.33. The number of aryl methyl sites for hydroxylation is 1. The minimum Gasteiger partial charge on any atom is -0.362 e. The third-order valence-electron chi connectivity index (χ3n) is 4.87. The fraction of sp³-hybridized carbons (Fsp3) is 0.474. The standard InChI is InChI=1S/C19H25BrN6O2/c1-4-26-12-15(11-22-26)23-18(27)13-5-7-25(8-6-13)19(28)16-9-14(20)10-21-17(16)24(2)3/h9-13H,4-8H2,1-3H3,(H,23,27). The highest BCUT2D eigenvalue weighted by molar-refractivity contribution is 9.10. The van der Waals surface area contributed by atoms with Crippen LogP contribution in [0.2, 0.25) is 0 Å². The smallest absolute Gasteiger partial charge is 0.257 e. The van der Waals surface area contributed by atoms with E-state index in [0.717, 1.165) is 11.0 Å². The van der Waals surface area contributed by atoms with E-state index in [1.54, 1.807) is 28.0 Å².